The Bertz CT molecular complexity index is 251. The number of ether oxygens (including phenoxy) is 1. The van der Waals surface area contributed by atoms with E-state index in [1.807, 2.05) is 32.6 Å². The molecule has 0 saturated carbocycles. The standard InChI is InChI=1S/C13H26N2O2.ClH/c1-5-13(6-2,9-14)12(16)15-7-10(3)17-11(4)8-15;/h10-11H,5-9,14H2,1-4H3;1H/t10-,11+;. The van der Waals surface area contributed by atoms with Crippen LogP contribution in [-0.4, -0.2) is 42.6 Å². The summed E-state index contributed by atoms with van der Waals surface area (Å²) in [4.78, 5) is 14.5. The molecule has 0 radical (unpaired) electrons. The van der Waals surface area contributed by atoms with Crippen LogP contribution in [0.25, 0.3) is 0 Å². The summed E-state index contributed by atoms with van der Waals surface area (Å²) < 4.78 is 5.65. The van der Waals surface area contributed by atoms with Gasteiger partial charge < -0.3 is 15.4 Å². The summed E-state index contributed by atoms with van der Waals surface area (Å²) in [5, 5.41) is 0. The van der Waals surface area contributed by atoms with Crippen LogP contribution in [0, 0.1) is 5.41 Å². The van der Waals surface area contributed by atoms with Crippen molar-refractivity contribution >= 4 is 18.3 Å². The van der Waals surface area contributed by atoms with E-state index in [4.69, 9.17) is 10.5 Å². The maximum Gasteiger partial charge on any atom is 0.230 e. The largest absolute Gasteiger partial charge is 0.372 e. The Kier molecular flexibility index (Phi) is 7.18. The number of amides is 1. The zero-order valence-electron chi connectivity index (χ0n) is 11.9. The Balaban J connectivity index is 0.00000289. The minimum Gasteiger partial charge on any atom is -0.372 e. The first kappa shape index (κ1) is 17.7. The van der Waals surface area contributed by atoms with Crippen molar-refractivity contribution in [2.24, 2.45) is 11.1 Å². The Labute approximate surface area is 117 Å². The molecular weight excluding hydrogens is 252 g/mol. The van der Waals surface area contributed by atoms with Gasteiger partial charge in [0.25, 0.3) is 0 Å². The minimum atomic E-state index is -0.378. The molecule has 0 aromatic carbocycles. The third kappa shape index (κ3) is 3.59. The third-order valence-corrected chi connectivity index (χ3v) is 3.90. The number of carbonyl (C=O) groups is 1. The van der Waals surface area contributed by atoms with E-state index in [-0.39, 0.29) is 35.9 Å². The molecule has 0 bridgehead atoms. The van der Waals surface area contributed by atoms with Crippen LogP contribution >= 0.6 is 12.4 Å². The Morgan fingerprint density at radius 3 is 2.06 bits per heavy atom. The molecule has 0 aromatic rings. The van der Waals surface area contributed by atoms with Crippen LogP contribution in [0.2, 0.25) is 0 Å². The second-order valence-corrected chi connectivity index (χ2v) is 5.16. The summed E-state index contributed by atoms with van der Waals surface area (Å²) in [6, 6.07) is 0. The zero-order chi connectivity index (χ0) is 13.1. The second kappa shape index (κ2) is 7.31. The van der Waals surface area contributed by atoms with Gasteiger partial charge in [0.2, 0.25) is 5.91 Å². The molecule has 1 fully saturated rings. The van der Waals surface area contributed by atoms with Crippen molar-refractivity contribution in [3.05, 3.63) is 0 Å². The van der Waals surface area contributed by atoms with E-state index in [1.54, 1.807) is 0 Å². The van der Waals surface area contributed by atoms with Crippen LogP contribution in [0.1, 0.15) is 40.5 Å². The highest BCUT2D eigenvalue weighted by Gasteiger charge is 2.39. The predicted molar refractivity (Wildman–Crippen MR) is 75.9 cm³/mol. The van der Waals surface area contributed by atoms with Crippen molar-refractivity contribution in [3.8, 4) is 0 Å². The molecular formula is C13H27ClN2O2. The van der Waals surface area contributed by atoms with Gasteiger partial charge in [-0.3, -0.25) is 4.79 Å². The third-order valence-electron chi connectivity index (χ3n) is 3.90. The van der Waals surface area contributed by atoms with E-state index in [0.717, 1.165) is 12.8 Å². The Morgan fingerprint density at radius 2 is 1.72 bits per heavy atom. The van der Waals surface area contributed by atoms with Crippen LogP contribution in [0.3, 0.4) is 0 Å². The monoisotopic (exact) mass is 278 g/mol. The molecule has 2 N–H and O–H groups in total. The molecule has 2 atom stereocenters. The summed E-state index contributed by atoms with van der Waals surface area (Å²) in [5.41, 5.74) is 5.45. The molecule has 1 saturated heterocycles. The lowest BCUT2D eigenvalue weighted by Gasteiger charge is -2.41. The summed E-state index contributed by atoms with van der Waals surface area (Å²) in [5.74, 6) is 0.201. The number of hydrogen-bond acceptors (Lipinski definition) is 3. The van der Waals surface area contributed by atoms with Gasteiger partial charge in [-0.1, -0.05) is 13.8 Å². The lowest BCUT2D eigenvalue weighted by atomic mass is 9.80. The summed E-state index contributed by atoms with van der Waals surface area (Å²) >= 11 is 0. The number of carbonyl (C=O) groups excluding carboxylic acids is 1. The highest BCUT2D eigenvalue weighted by atomic mass is 35.5. The van der Waals surface area contributed by atoms with Gasteiger partial charge in [0, 0.05) is 19.6 Å². The lowest BCUT2D eigenvalue weighted by Crippen LogP contribution is -2.54. The van der Waals surface area contributed by atoms with Crippen molar-refractivity contribution in [1.29, 1.82) is 0 Å². The molecule has 1 aliphatic rings. The molecule has 108 valence electrons. The molecule has 0 unspecified atom stereocenters. The first-order chi connectivity index (χ1) is 7.99. The van der Waals surface area contributed by atoms with Gasteiger partial charge in [-0.2, -0.15) is 0 Å². The van der Waals surface area contributed by atoms with Crippen molar-refractivity contribution in [2.45, 2.75) is 52.7 Å². The van der Waals surface area contributed by atoms with Crippen LogP contribution in [0.15, 0.2) is 0 Å². The number of halogens is 1. The molecule has 0 spiro atoms. The fourth-order valence-electron chi connectivity index (χ4n) is 2.61. The maximum absolute atomic E-state index is 12.6. The van der Waals surface area contributed by atoms with Crippen LogP contribution in [0.5, 0.6) is 0 Å². The number of nitrogens with zero attached hydrogens (tertiary/aromatic N) is 1. The number of rotatable bonds is 4. The zero-order valence-corrected chi connectivity index (χ0v) is 12.8. The van der Waals surface area contributed by atoms with Gasteiger partial charge in [-0.05, 0) is 26.7 Å². The van der Waals surface area contributed by atoms with Crippen LogP contribution in [0.4, 0.5) is 0 Å². The number of nitrogens with two attached hydrogens (primary N) is 1. The topological polar surface area (TPSA) is 55.6 Å². The SMILES string of the molecule is CCC(CC)(CN)C(=O)N1C[C@@H](C)O[C@@H](C)C1.Cl. The average molecular weight is 279 g/mol. The normalized spacial score (nSPS) is 24.6. The molecule has 1 heterocycles. The fourth-order valence-corrected chi connectivity index (χ4v) is 2.61. The predicted octanol–water partition coefficient (Wildman–Crippen LogP) is 1.81. The maximum atomic E-state index is 12.6. The molecule has 18 heavy (non-hydrogen) atoms. The van der Waals surface area contributed by atoms with Gasteiger partial charge in [0.15, 0.2) is 0 Å². The van der Waals surface area contributed by atoms with Gasteiger partial charge in [-0.15, -0.1) is 12.4 Å². The highest BCUT2D eigenvalue weighted by Crippen LogP contribution is 2.29. The van der Waals surface area contributed by atoms with Gasteiger partial charge in [-0.25, -0.2) is 0 Å². The number of hydrogen-bond donors (Lipinski definition) is 1. The molecule has 1 amide bonds. The van der Waals surface area contributed by atoms with Crippen molar-refractivity contribution in [2.75, 3.05) is 19.6 Å². The first-order valence-corrected chi connectivity index (χ1v) is 6.64. The smallest absolute Gasteiger partial charge is 0.230 e. The molecule has 0 aromatic heterocycles. The van der Waals surface area contributed by atoms with Crippen LogP contribution in [-0.2, 0) is 9.53 Å². The van der Waals surface area contributed by atoms with Crippen LogP contribution < -0.4 is 5.73 Å². The lowest BCUT2D eigenvalue weighted by molar-refractivity contribution is -0.153. The Morgan fingerprint density at radius 1 is 1.28 bits per heavy atom. The summed E-state index contributed by atoms with van der Waals surface area (Å²) in [6.07, 6.45) is 1.84. The first-order valence-electron chi connectivity index (χ1n) is 6.64. The number of morpholine rings is 1. The van der Waals surface area contributed by atoms with Gasteiger partial charge in [0.05, 0.1) is 17.6 Å². The highest BCUT2D eigenvalue weighted by molar-refractivity contribution is 5.85. The molecule has 1 aliphatic heterocycles. The van der Waals surface area contributed by atoms with E-state index in [9.17, 15) is 4.79 Å². The van der Waals surface area contributed by atoms with E-state index in [1.165, 1.54) is 0 Å². The van der Waals surface area contributed by atoms with Crippen molar-refractivity contribution in [1.82, 2.24) is 4.90 Å². The summed E-state index contributed by atoms with van der Waals surface area (Å²) in [7, 11) is 0. The van der Waals surface area contributed by atoms with Gasteiger partial charge >= 0.3 is 0 Å². The second-order valence-electron chi connectivity index (χ2n) is 5.16. The molecule has 0 aliphatic carbocycles. The van der Waals surface area contributed by atoms with E-state index in [2.05, 4.69) is 0 Å². The van der Waals surface area contributed by atoms with Crippen molar-refractivity contribution < 1.29 is 9.53 Å². The molecule has 1 rings (SSSR count). The van der Waals surface area contributed by atoms with E-state index in [0.29, 0.717) is 19.6 Å². The van der Waals surface area contributed by atoms with Gasteiger partial charge in [0.1, 0.15) is 0 Å². The average Bonchev–Trinajstić information content (AvgIpc) is 2.30. The van der Waals surface area contributed by atoms with E-state index >= 15 is 0 Å². The molecule has 5 heteroatoms. The fraction of sp³-hybridized carbons (Fsp3) is 0.923. The molecule has 4 nitrogen and oxygen atoms in total. The van der Waals surface area contributed by atoms with Crippen molar-refractivity contribution in [3.63, 3.8) is 0 Å². The Hall–Kier alpha value is -0.320. The minimum absolute atomic E-state index is 0. The van der Waals surface area contributed by atoms with E-state index < -0.39 is 0 Å². The summed E-state index contributed by atoms with van der Waals surface area (Å²) in [6.45, 7) is 9.91. The quantitative estimate of drug-likeness (QED) is 0.853.